The highest BCUT2D eigenvalue weighted by molar-refractivity contribution is 5.79. The predicted molar refractivity (Wildman–Crippen MR) is 103 cm³/mol. The second kappa shape index (κ2) is 7.20. The van der Waals surface area contributed by atoms with Gasteiger partial charge in [-0.3, -0.25) is 0 Å². The minimum atomic E-state index is -0.870. The summed E-state index contributed by atoms with van der Waals surface area (Å²) in [5.74, 6) is 0.747. The van der Waals surface area contributed by atoms with Crippen LogP contribution in [0.1, 0.15) is 37.7 Å². The van der Waals surface area contributed by atoms with Crippen LogP contribution < -0.4 is 4.74 Å². The molecule has 0 amide bonds. The number of rotatable bonds is 7. The molecule has 2 aromatic rings. The average molecular weight is 364 g/mol. The normalized spacial score (nSPS) is 26.5. The molecule has 4 heteroatoms. The topological polar surface area (TPSA) is 55.8 Å². The summed E-state index contributed by atoms with van der Waals surface area (Å²) in [6, 6.07) is 17.7. The maximum atomic E-state index is 10.9. The largest absolute Gasteiger partial charge is 0.478 e. The molecule has 0 radical (unpaired) electrons. The standard InChI is InChI=1S/C23H24O4/c24-21(25)9-10-22-11-13-23(17-22,14-12-22)26-16-18-5-4-8-20(15-18)27-19-6-2-1-3-7-19/h1-10,15H,11-14,16-17H2,(H,24,25). The van der Waals surface area contributed by atoms with Crippen LogP contribution in [0, 0.1) is 5.41 Å². The van der Waals surface area contributed by atoms with Crippen molar-refractivity contribution >= 4 is 5.97 Å². The van der Waals surface area contributed by atoms with E-state index in [1.54, 1.807) is 0 Å². The number of hydrogen-bond donors (Lipinski definition) is 1. The van der Waals surface area contributed by atoms with Crippen molar-refractivity contribution in [2.75, 3.05) is 0 Å². The van der Waals surface area contributed by atoms with Crippen molar-refractivity contribution in [3.8, 4) is 11.5 Å². The van der Waals surface area contributed by atoms with E-state index in [-0.39, 0.29) is 11.0 Å². The molecule has 27 heavy (non-hydrogen) atoms. The molecule has 2 fully saturated rings. The molecule has 2 aromatic carbocycles. The van der Waals surface area contributed by atoms with Crippen LogP contribution in [-0.4, -0.2) is 16.7 Å². The molecule has 0 aliphatic heterocycles. The van der Waals surface area contributed by atoms with Crippen LogP contribution >= 0.6 is 0 Å². The zero-order valence-corrected chi connectivity index (χ0v) is 15.3. The lowest BCUT2D eigenvalue weighted by atomic mass is 9.84. The highest BCUT2D eigenvalue weighted by atomic mass is 16.5. The number of para-hydroxylation sites is 1. The number of aliphatic carboxylic acids is 1. The second-order valence-corrected chi connectivity index (χ2v) is 7.74. The first-order chi connectivity index (χ1) is 13.1. The van der Waals surface area contributed by atoms with Crippen molar-refractivity contribution in [2.24, 2.45) is 5.41 Å². The third-order valence-corrected chi connectivity index (χ3v) is 5.83. The summed E-state index contributed by atoms with van der Waals surface area (Å²) in [4.78, 5) is 10.9. The Bertz CT molecular complexity index is 832. The molecule has 0 spiro atoms. The van der Waals surface area contributed by atoms with E-state index >= 15 is 0 Å². The molecule has 0 saturated heterocycles. The van der Waals surface area contributed by atoms with Gasteiger partial charge in [0, 0.05) is 6.08 Å². The lowest BCUT2D eigenvalue weighted by molar-refractivity contribution is -0.131. The molecule has 4 rings (SSSR count). The van der Waals surface area contributed by atoms with Gasteiger partial charge in [0.25, 0.3) is 0 Å². The Morgan fingerprint density at radius 3 is 2.48 bits per heavy atom. The van der Waals surface area contributed by atoms with Crippen LogP contribution in [0.25, 0.3) is 0 Å². The molecule has 2 aliphatic carbocycles. The fourth-order valence-electron chi connectivity index (χ4n) is 4.43. The Labute approximate surface area is 159 Å². The van der Waals surface area contributed by atoms with E-state index in [4.69, 9.17) is 14.6 Å². The first kappa shape index (κ1) is 17.8. The van der Waals surface area contributed by atoms with Gasteiger partial charge in [-0.25, -0.2) is 4.79 Å². The van der Waals surface area contributed by atoms with Gasteiger partial charge in [-0.1, -0.05) is 36.4 Å². The smallest absolute Gasteiger partial charge is 0.327 e. The highest BCUT2D eigenvalue weighted by Gasteiger charge is 2.53. The Morgan fingerprint density at radius 2 is 1.74 bits per heavy atom. The third kappa shape index (κ3) is 4.06. The average Bonchev–Trinajstić information content (AvgIpc) is 3.23. The maximum Gasteiger partial charge on any atom is 0.327 e. The van der Waals surface area contributed by atoms with Gasteiger partial charge in [0.15, 0.2) is 0 Å². The van der Waals surface area contributed by atoms with Gasteiger partial charge in [0.2, 0.25) is 0 Å². The van der Waals surface area contributed by atoms with Gasteiger partial charge in [0.1, 0.15) is 11.5 Å². The van der Waals surface area contributed by atoms with Crippen molar-refractivity contribution in [1.82, 2.24) is 0 Å². The molecule has 0 aromatic heterocycles. The molecule has 0 heterocycles. The lowest BCUT2D eigenvalue weighted by Gasteiger charge is -2.27. The van der Waals surface area contributed by atoms with Crippen LogP contribution in [0.3, 0.4) is 0 Å². The van der Waals surface area contributed by atoms with Gasteiger partial charge in [-0.05, 0) is 67.3 Å². The van der Waals surface area contributed by atoms with Crippen LogP contribution in [-0.2, 0) is 16.1 Å². The zero-order valence-electron chi connectivity index (χ0n) is 15.3. The lowest BCUT2D eigenvalue weighted by Crippen LogP contribution is -2.26. The SMILES string of the molecule is O=C(O)C=CC12CCC(OCc3cccc(Oc4ccccc4)c3)(CC1)C2. The molecule has 2 saturated carbocycles. The van der Waals surface area contributed by atoms with Crippen molar-refractivity contribution < 1.29 is 19.4 Å². The fraction of sp³-hybridized carbons (Fsp3) is 0.348. The van der Waals surface area contributed by atoms with E-state index in [0.717, 1.165) is 49.2 Å². The number of carboxylic acids is 1. The van der Waals surface area contributed by atoms with E-state index in [0.29, 0.717) is 6.61 Å². The Balaban J connectivity index is 1.38. The molecule has 2 bridgehead atoms. The fourth-order valence-corrected chi connectivity index (χ4v) is 4.43. The van der Waals surface area contributed by atoms with E-state index < -0.39 is 5.97 Å². The van der Waals surface area contributed by atoms with Gasteiger partial charge < -0.3 is 14.6 Å². The number of allylic oxidation sites excluding steroid dienone is 1. The van der Waals surface area contributed by atoms with Crippen LogP contribution in [0.4, 0.5) is 0 Å². The quantitative estimate of drug-likeness (QED) is 0.674. The van der Waals surface area contributed by atoms with E-state index in [9.17, 15) is 4.79 Å². The van der Waals surface area contributed by atoms with Crippen molar-refractivity contribution in [3.05, 3.63) is 72.3 Å². The van der Waals surface area contributed by atoms with E-state index in [1.807, 2.05) is 54.6 Å². The second-order valence-electron chi connectivity index (χ2n) is 7.74. The third-order valence-electron chi connectivity index (χ3n) is 5.83. The minimum Gasteiger partial charge on any atom is -0.478 e. The van der Waals surface area contributed by atoms with Crippen LogP contribution in [0.15, 0.2) is 66.7 Å². The maximum absolute atomic E-state index is 10.9. The summed E-state index contributed by atoms with van der Waals surface area (Å²) >= 11 is 0. The monoisotopic (exact) mass is 364 g/mol. The summed E-state index contributed by atoms with van der Waals surface area (Å²) in [5.41, 5.74) is 0.985. The van der Waals surface area contributed by atoms with Gasteiger partial charge in [-0.2, -0.15) is 0 Å². The molecule has 1 N–H and O–H groups in total. The number of hydrogen-bond acceptors (Lipinski definition) is 3. The van der Waals surface area contributed by atoms with E-state index in [2.05, 4.69) is 6.07 Å². The van der Waals surface area contributed by atoms with Crippen molar-refractivity contribution in [2.45, 2.75) is 44.3 Å². The van der Waals surface area contributed by atoms with Crippen molar-refractivity contribution in [3.63, 3.8) is 0 Å². The first-order valence-corrected chi connectivity index (χ1v) is 9.45. The molecular weight excluding hydrogens is 340 g/mol. The zero-order chi connectivity index (χ0) is 18.7. The first-order valence-electron chi connectivity index (χ1n) is 9.45. The number of fused-ring (bicyclic) bond motifs is 2. The Morgan fingerprint density at radius 1 is 1.00 bits per heavy atom. The minimum absolute atomic E-state index is 0.0106. The Hall–Kier alpha value is -2.59. The molecule has 140 valence electrons. The van der Waals surface area contributed by atoms with Crippen molar-refractivity contribution in [1.29, 1.82) is 0 Å². The molecule has 4 nitrogen and oxygen atoms in total. The highest BCUT2D eigenvalue weighted by Crippen LogP contribution is 2.59. The summed E-state index contributed by atoms with van der Waals surface area (Å²) < 4.78 is 12.3. The summed E-state index contributed by atoms with van der Waals surface area (Å²) in [6.45, 7) is 0.546. The van der Waals surface area contributed by atoms with Crippen LogP contribution in [0.2, 0.25) is 0 Å². The molecule has 2 aliphatic rings. The van der Waals surface area contributed by atoms with Gasteiger partial charge in [-0.15, -0.1) is 0 Å². The summed E-state index contributed by atoms with van der Waals surface area (Å²) in [7, 11) is 0. The predicted octanol–water partition coefficient (Wildman–Crippen LogP) is 5.34. The summed E-state index contributed by atoms with van der Waals surface area (Å²) in [6.07, 6.45) is 8.12. The number of benzene rings is 2. The number of carbonyl (C=O) groups is 1. The Kier molecular flexibility index (Phi) is 4.75. The van der Waals surface area contributed by atoms with Gasteiger partial charge in [0.05, 0.1) is 12.2 Å². The number of ether oxygens (including phenoxy) is 2. The van der Waals surface area contributed by atoms with Crippen LogP contribution in [0.5, 0.6) is 11.5 Å². The molecule has 0 unspecified atom stereocenters. The van der Waals surface area contributed by atoms with E-state index in [1.165, 1.54) is 6.08 Å². The molecule has 0 atom stereocenters. The summed E-state index contributed by atoms with van der Waals surface area (Å²) in [5, 5.41) is 8.92. The van der Waals surface area contributed by atoms with Gasteiger partial charge >= 0.3 is 5.97 Å². The molecular formula is C23H24O4. The number of carboxylic acid groups (broad SMARTS) is 1.